The Morgan fingerprint density at radius 1 is 0.828 bits per heavy atom. The van der Waals surface area contributed by atoms with Crippen molar-refractivity contribution in [2.75, 3.05) is 36.0 Å². The van der Waals surface area contributed by atoms with Crippen molar-refractivity contribution in [3.8, 4) is 5.82 Å². The van der Waals surface area contributed by atoms with Crippen LogP contribution in [0.25, 0.3) is 16.9 Å². The number of aryl methyl sites for hydroxylation is 2. The molecule has 1 aliphatic heterocycles. The van der Waals surface area contributed by atoms with Gasteiger partial charge in [-0.05, 0) is 44.2 Å². The fourth-order valence-corrected chi connectivity index (χ4v) is 3.74. The van der Waals surface area contributed by atoms with E-state index in [1.165, 1.54) is 0 Å². The van der Waals surface area contributed by atoms with E-state index in [9.17, 15) is 0 Å². The molecule has 0 spiro atoms. The minimum absolute atomic E-state index is 0.727. The zero-order valence-corrected chi connectivity index (χ0v) is 16.4. The molecule has 1 saturated heterocycles. The molecule has 146 valence electrons. The largest absolute Gasteiger partial charge is 0.352 e. The van der Waals surface area contributed by atoms with E-state index in [0.29, 0.717) is 0 Å². The molecule has 5 rings (SSSR count). The SMILES string of the molecule is Cc1cc(C)n(-c2ccc(N3CCN(c4ncnc5ncccc45)CC3)nn2)n1. The number of hydrogen-bond acceptors (Lipinski definition) is 8. The maximum Gasteiger partial charge on any atom is 0.176 e. The molecule has 5 heterocycles. The molecule has 0 N–H and O–H groups in total. The van der Waals surface area contributed by atoms with Crippen LogP contribution in [0.2, 0.25) is 0 Å². The highest BCUT2D eigenvalue weighted by molar-refractivity contribution is 5.86. The van der Waals surface area contributed by atoms with Crippen LogP contribution < -0.4 is 9.80 Å². The third-order valence-corrected chi connectivity index (χ3v) is 5.15. The molecule has 0 amide bonds. The quantitative estimate of drug-likeness (QED) is 0.527. The molecule has 1 fully saturated rings. The first-order valence-electron chi connectivity index (χ1n) is 9.62. The van der Waals surface area contributed by atoms with Gasteiger partial charge in [0.15, 0.2) is 17.3 Å². The van der Waals surface area contributed by atoms with Gasteiger partial charge >= 0.3 is 0 Å². The molecule has 0 aromatic carbocycles. The summed E-state index contributed by atoms with van der Waals surface area (Å²) in [7, 11) is 0. The van der Waals surface area contributed by atoms with E-state index in [4.69, 9.17) is 0 Å². The second-order valence-corrected chi connectivity index (χ2v) is 7.13. The van der Waals surface area contributed by atoms with E-state index in [1.807, 2.05) is 48.9 Å². The highest BCUT2D eigenvalue weighted by atomic mass is 15.4. The van der Waals surface area contributed by atoms with Crippen LogP contribution in [0.5, 0.6) is 0 Å². The van der Waals surface area contributed by atoms with Crippen molar-refractivity contribution < 1.29 is 0 Å². The van der Waals surface area contributed by atoms with Crippen LogP contribution >= 0.6 is 0 Å². The minimum atomic E-state index is 0.727. The zero-order valence-electron chi connectivity index (χ0n) is 16.4. The summed E-state index contributed by atoms with van der Waals surface area (Å²) in [4.78, 5) is 17.6. The average Bonchev–Trinajstić information content (AvgIpc) is 3.11. The molecule has 0 atom stereocenters. The Bertz CT molecular complexity index is 1140. The molecule has 0 aliphatic carbocycles. The highest BCUT2D eigenvalue weighted by Gasteiger charge is 2.21. The summed E-state index contributed by atoms with van der Waals surface area (Å²) >= 11 is 0. The van der Waals surface area contributed by atoms with Gasteiger partial charge in [-0.3, -0.25) is 0 Å². The van der Waals surface area contributed by atoms with E-state index < -0.39 is 0 Å². The molecule has 9 nitrogen and oxygen atoms in total. The fourth-order valence-electron chi connectivity index (χ4n) is 3.74. The highest BCUT2D eigenvalue weighted by Crippen LogP contribution is 2.23. The number of rotatable bonds is 3. The summed E-state index contributed by atoms with van der Waals surface area (Å²) in [6.45, 7) is 7.38. The number of nitrogens with zero attached hydrogens (tertiary/aromatic N) is 9. The molecule has 0 saturated carbocycles. The number of aromatic nitrogens is 7. The predicted molar refractivity (Wildman–Crippen MR) is 110 cm³/mol. The van der Waals surface area contributed by atoms with E-state index in [1.54, 1.807) is 12.5 Å². The molecule has 0 radical (unpaired) electrons. The first-order chi connectivity index (χ1) is 14.2. The first kappa shape index (κ1) is 17.5. The summed E-state index contributed by atoms with van der Waals surface area (Å²) in [6.07, 6.45) is 3.34. The predicted octanol–water partition coefficient (Wildman–Crippen LogP) is 1.94. The molecular formula is C20H21N9. The second kappa shape index (κ2) is 7.08. The Balaban J connectivity index is 1.31. The van der Waals surface area contributed by atoms with Gasteiger partial charge in [0, 0.05) is 38.1 Å². The van der Waals surface area contributed by atoms with Gasteiger partial charge in [0.05, 0.1) is 11.1 Å². The lowest BCUT2D eigenvalue weighted by Gasteiger charge is -2.36. The minimum Gasteiger partial charge on any atom is -0.352 e. The number of hydrogen-bond donors (Lipinski definition) is 0. The van der Waals surface area contributed by atoms with Crippen molar-refractivity contribution in [2.24, 2.45) is 0 Å². The van der Waals surface area contributed by atoms with Crippen molar-refractivity contribution >= 4 is 22.7 Å². The van der Waals surface area contributed by atoms with Crippen molar-refractivity contribution in [3.05, 3.63) is 54.2 Å². The summed E-state index contributed by atoms with van der Waals surface area (Å²) in [6, 6.07) is 9.95. The first-order valence-corrected chi connectivity index (χ1v) is 9.62. The topological polar surface area (TPSA) is 88.8 Å². The second-order valence-electron chi connectivity index (χ2n) is 7.13. The Hall–Kier alpha value is -3.62. The van der Waals surface area contributed by atoms with Crippen molar-refractivity contribution in [2.45, 2.75) is 13.8 Å². The third-order valence-electron chi connectivity index (χ3n) is 5.15. The molecule has 4 aromatic heterocycles. The van der Waals surface area contributed by atoms with Gasteiger partial charge in [0.25, 0.3) is 0 Å². The lowest BCUT2D eigenvalue weighted by atomic mass is 10.2. The average molecular weight is 387 g/mol. The van der Waals surface area contributed by atoms with Gasteiger partial charge in [-0.2, -0.15) is 5.10 Å². The van der Waals surface area contributed by atoms with E-state index >= 15 is 0 Å². The lowest BCUT2D eigenvalue weighted by Crippen LogP contribution is -2.47. The zero-order chi connectivity index (χ0) is 19.8. The standard InChI is InChI=1S/C20H21N9/c1-14-12-15(2)29(26-14)18-6-5-17(24-25-18)27-8-10-28(11-9-27)20-16-4-3-7-21-19(16)22-13-23-20/h3-7,12-13H,8-11H2,1-2H3. The van der Waals surface area contributed by atoms with E-state index in [-0.39, 0.29) is 0 Å². The molecule has 4 aromatic rings. The van der Waals surface area contributed by atoms with Gasteiger partial charge in [-0.1, -0.05) is 0 Å². The van der Waals surface area contributed by atoms with Crippen LogP contribution in [-0.4, -0.2) is 61.1 Å². The number of pyridine rings is 1. The number of fused-ring (bicyclic) bond motifs is 1. The van der Waals surface area contributed by atoms with E-state index in [0.717, 1.165) is 66.1 Å². The van der Waals surface area contributed by atoms with Gasteiger partial charge in [-0.25, -0.2) is 19.6 Å². The summed E-state index contributed by atoms with van der Waals surface area (Å²) in [5.41, 5.74) is 2.74. The monoisotopic (exact) mass is 387 g/mol. The van der Waals surface area contributed by atoms with Gasteiger partial charge in [-0.15, -0.1) is 10.2 Å². The van der Waals surface area contributed by atoms with Crippen LogP contribution in [0.3, 0.4) is 0 Å². The van der Waals surface area contributed by atoms with Crippen LogP contribution in [0.15, 0.2) is 42.9 Å². The smallest absolute Gasteiger partial charge is 0.176 e. The summed E-state index contributed by atoms with van der Waals surface area (Å²) in [5.74, 6) is 2.55. The molecule has 9 heteroatoms. The Morgan fingerprint density at radius 2 is 1.59 bits per heavy atom. The maximum atomic E-state index is 4.50. The molecular weight excluding hydrogens is 366 g/mol. The normalized spacial score (nSPS) is 14.6. The van der Waals surface area contributed by atoms with E-state index in [2.05, 4.69) is 40.0 Å². The fraction of sp³-hybridized carbons (Fsp3) is 0.300. The van der Waals surface area contributed by atoms with Crippen molar-refractivity contribution in [1.82, 2.24) is 34.9 Å². The Labute approximate surface area is 168 Å². The van der Waals surface area contributed by atoms with Crippen molar-refractivity contribution in [3.63, 3.8) is 0 Å². The summed E-state index contributed by atoms with van der Waals surface area (Å²) in [5, 5.41) is 14.3. The van der Waals surface area contributed by atoms with Gasteiger partial charge in [0.1, 0.15) is 12.1 Å². The molecule has 0 unspecified atom stereocenters. The molecule has 0 bridgehead atoms. The Morgan fingerprint density at radius 3 is 2.31 bits per heavy atom. The summed E-state index contributed by atoms with van der Waals surface area (Å²) < 4.78 is 1.82. The van der Waals surface area contributed by atoms with Crippen molar-refractivity contribution in [1.29, 1.82) is 0 Å². The molecule has 29 heavy (non-hydrogen) atoms. The molecule has 1 aliphatic rings. The number of piperazine rings is 1. The van der Waals surface area contributed by atoms with Gasteiger partial charge < -0.3 is 9.80 Å². The maximum absolute atomic E-state index is 4.50. The van der Waals surface area contributed by atoms with Crippen LogP contribution in [-0.2, 0) is 0 Å². The van der Waals surface area contributed by atoms with Crippen LogP contribution in [0.1, 0.15) is 11.4 Å². The number of anilines is 2. The van der Waals surface area contributed by atoms with Gasteiger partial charge in [0.2, 0.25) is 0 Å². The Kier molecular flexibility index (Phi) is 4.27. The lowest BCUT2D eigenvalue weighted by molar-refractivity contribution is 0.637. The van der Waals surface area contributed by atoms with Crippen LogP contribution in [0, 0.1) is 13.8 Å². The van der Waals surface area contributed by atoms with Crippen LogP contribution in [0.4, 0.5) is 11.6 Å². The third kappa shape index (κ3) is 3.24.